The molecule has 0 spiro atoms. The zero-order valence-electron chi connectivity index (χ0n) is 13.0. The summed E-state index contributed by atoms with van der Waals surface area (Å²) in [4.78, 5) is 40.4. The molecule has 2 aliphatic rings. The molecule has 3 N–H and O–H groups in total. The molecule has 3 unspecified atom stereocenters. The highest BCUT2D eigenvalue weighted by Gasteiger charge is 2.32. The first-order valence-electron chi connectivity index (χ1n) is 7.92. The van der Waals surface area contributed by atoms with Crippen molar-refractivity contribution in [1.82, 2.24) is 25.5 Å². The number of amides is 2. The molecule has 8 heteroatoms. The van der Waals surface area contributed by atoms with Crippen LogP contribution in [0.15, 0.2) is 17.1 Å². The van der Waals surface area contributed by atoms with Crippen molar-refractivity contribution in [2.75, 3.05) is 13.6 Å². The molecule has 3 rings (SSSR count). The highest BCUT2D eigenvalue weighted by molar-refractivity contribution is 5.82. The van der Waals surface area contributed by atoms with Crippen LogP contribution >= 0.6 is 0 Å². The molecule has 0 saturated carbocycles. The maximum atomic E-state index is 12.5. The van der Waals surface area contributed by atoms with E-state index in [9.17, 15) is 14.4 Å². The largest absolute Gasteiger partial charge is 0.356 e. The Hall–Kier alpha value is -2.22. The molecule has 8 nitrogen and oxygen atoms in total. The van der Waals surface area contributed by atoms with Crippen LogP contribution in [-0.2, 0) is 16.0 Å². The molecule has 1 aromatic heterocycles. The molecule has 2 amide bonds. The molecular weight excluding hydrogens is 298 g/mol. The average molecular weight is 319 g/mol. The lowest BCUT2D eigenvalue weighted by molar-refractivity contribution is -0.126. The lowest BCUT2D eigenvalue weighted by Gasteiger charge is -2.23. The maximum Gasteiger partial charge on any atom is 0.254 e. The lowest BCUT2D eigenvalue weighted by atomic mass is 10.0. The van der Waals surface area contributed by atoms with Crippen LogP contribution in [0.1, 0.15) is 31.1 Å². The number of carbonyl (C=O) groups is 2. The molecule has 0 bridgehead atoms. The summed E-state index contributed by atoms with van der Waals surface area (Å²) in [5.41, 5.74) is -0.205. The van der Waals surface area contributed by atoms with Crippen molar-refractivity contribution in [3.63, 3.8) is 0 Å². The summed E-state index contributed by atoms with van der Waals surface area (Å²) in [5, 5.41) is 8.73. The SMILES string of the molecule is CNC(CC1CCNC1=O)NC(=O)C1CCc2nccc(=O)n21. The number of fused-ring (bicyclic) bond motifs is 1. The van der Waals surface area contributed by atoms with Gasteiger partial charge in [0.1, 0.15) is 11.9 Å². The number of hydrogen-bond donors (Lipinski definition) is 3. The summed E-state index contributed by atoms with van der Waals surface area (Å²) < 4.78 is 1.46. The van der Waals surface area contributed by atoms with E-state index >= 15 is 0 Å². The molecule has 1 fully saturated rings. The molecule has 0 radical (unpaired) electrons. The summed E-state index contributed by atoms with van der Waals surface area (Å²) in [6.45, 7) is 0.685. The van der Waals surface area contributed by atoms with E-state index in [0.29, 0.717) is 31.6 Å². The van der Waals surface area contributed by atoms with Crippen LogP contribution < -0.4 is 21.5 Å². The third-order valence-electron chi connectivity index (χ3n) is 4.56. The Morgan fingerprint density at radius 1 is 1.48 bits per heavy atom. The molecule has 0 aromatic carbocycles. The van der Waals surface area contributed by atoms with E-state index in [1.807, 2.05) is 0 Å². The van der Waals surface area contributed by atoms with Gasteiger partial charge in [0.05, 0.1) is 6.17 Å². The summed E-state index contributed by atoms with van der Waals surface area (Å²) in [5.74, 6) is 0.379. The van der Waals surface area contributed by atoms with E-state index in [1.165, 1.54) is 16.8 Å². The van der Waals surface area contributed by atoms with E-state index in [2.05, 4.69) is 20.9 Å². The van der Waals surface area contributed by atoms with Crippen molar-refractivity contribution in [2.24, 2.45) is 5.92 Å². The van der Waals surface area contributed by atoms with E-state index in [1.54, 1.807) is 7.05 Å². The number of aryl methyl sites for hydroxylation is 1. The Kier molecular flexibility index (Phi) is 4.42. The first-order chi connectivity index (χ1) is 11.1. The van der Waals surface area contributed by atoms with Crippen LogP contribution in [0, 0.1) is 5.92 Å². The highest BCUT2D eigenvalue weighted by Crippen LogP contribution is 2.22. The number of nitrogens with zero attached hydrogens (tertiary/aromatic N) is 2. The van der Waals surface area contributed by atoms with Crippen molar-refractivity contribution in [1.29, 1.82) is 0 Å². The number of carbonyl (C=O) groups excluding carboxylic acids is 2. The minimum atomic E-state index is -0.528. The quantitative estimate of drug-likeness (QED) is 0.599. The van der Waals surface area contributed by atoms with Gasteiger partial charge in [-0.25, -0.2) is 4.98 Å². The lowest BCUT2D eigenvalue weighted by Crippen LogP contribution is -2.48. The zero-order valence-corrected chi connectivity index (χ0v) is 13.0. The molecular formula is C15H21N5O3. The van der Waals surface area contributed by atoms with Crippen molar-refractivity contribution in [3.8, 4) is 0 Å². The van der Waals surface area contributed by atoms with Crippen molar-refractivity contribution in [3.05, 3.63) is 28.4 Å². The summed E-state index contributed by atoms with van der Waals surface area (Å²) in [6, 6.07) is 0.840. The van der Waals surface area contributed by atoms with Crippen molar-refractivity contribution >= 4 is 11.8 Å². The van der Waals surface area contributed by atoms with E-state index < -0.39 is 6.04 Å². The van der Waals surface area contributed by atoms with Gasteiger partial charge in [-0.2, -0.15) is 0 Å². The van der Waals surface area contributed by atoms with Crippen molar-refractivity contribution in [2.45, 2.75) is 37.9 Å². The maximum absolute atomic E-state index is 12.5. The third kappa shape index (κ3) is 3.12. The van der Waals surface area contributed by atoms with Gasteiger partial charge in [0.2, 0.25) is 11.8 Å². The number of nitrogens with one attached hydrogen (secondary N) is 3. The van der Waals surface area contributed by atoms with Crippen LogP contribution in [0.25, 0.3) is 0 Å². The van der Waals surface area contributed by atoms with Gasteiger partial charge in [-0.15, -0.1) is 0 Å². The second kappa shape index (κ2) is 6.49. The van der Waals surface area contributed by atoms with E-state index in [0.717, 1.165) is 6.42 Å². The minimum absolute atomic E-state index is 0.0335. The normalized spacial score (nSPS) is 24.1. The molecule has 124 valence electrons. The van der Waals surface area contributed by atoms with Gasteiger partial charge in [-0.1, -0.05) is 0 Å². The van der Waals surface area contributed by atoms with Gasteiger partial charge in [0, 0.05) is 31.1 Å². The van der Waals surface area contributed by atoms with Gasteiger partial charge >= 0.3 is 0 Å². The molecule has 1 saturated heterocycles. The van der Waals surface area contributed by atoms with Gasteiger partial charge in [0.15, 0.2) is 0 Å². The Bertz CT molecular complexity index is 671. The van der Waals surface area contributed by atoms with E-state index in [4.69, 9.17) is 0 Å². The smallest absolute Gasteiger partial charge is 0.254 e. The van der Waals surface area contributed by atoms with Crippen LogP contribution in [0.5, 0.6) is 0 Å². The molecule has 3 atom stereocenters. The van der Waals surface area contributed by atoms with Crippen molar-refractivity contribution < 1.29 is 9.59 Å². The second-order valence-electron chi connectivity index (χ2n) is 5.99. The second-order valence-corrected chi connectivity index (χ2v) is 5.99. The molecule has 0 aliphatic carbocycles. The van der Waals surface area contributed by atoms with Gasteiger partial charge in [-0.3, -0.25) is 19.0 Å². The fourth-order valence-corrected chi connectivity index (χ4v) is 3.29. The molecule has 23 heavy (non-hydrogen) atoms. The first-order valence-corrected chi connectivity index (χ1v) is 7.92. The molecule has 3 heterocycles. The number of aromatic nitrogens is 2. The standard InChI is InChI=1S/C15H21N5O3/c1-16-11(8-9-4-6-18-14(9)22)19-15(23)10-2-3-12-17-7-5-13(21)20(10)12/h5,7,9-11,16H,2-4,6,8H2,1H3,(H,18,22)(H,19,23). The van der Waals surface area contributed by atoms with Crippen LogP contribution in [-0.4, -0.2) is 41.1 Å². The Labute approximate surface area is 133 Å². The zero-order chi connectivity index (χ0) is 16.4. The Morgan fingerprint density at radius 2 is 2.30 bits per heavy atom. The predicted octanol–water partition coefficient (Wildman–Crippen LogP) is -1.08. The Balaban J connectivity index is 1.67. The van der Waals surface area contributed by atoms with Gasteiger partial charge < -0.3 is 16.0 Å². The summed E-state index contributed by atoms with van der Waals surface area (Å²) in [7, 11) is 1.74. The fraction of sp³-hybridized carbons (Fsp3) is 0.600. The first kappa shape index (κ1) is 15.7. The topological polar surface area (TPSA) is 105 Å². The van der Waals surface area contributed by atoms with Crippen LogP contribution in [0.3, 0.4) is 0 Å². The number of hydrogen-bond acceptors (Lipinski definition) is 5. The monoisotopic (exact) mass is 319 g/mol. The number of rotatable bonds is 5. The average Bonchev–Trinajstić information content (AvgIpc) is 3.14. The predicted molar refractivity (Wildman–Crippen MR) is 82.6 cm³/mol. The van der Waals surface area contributed by atoms with E-state index in [-0.39, 0.29) is 29.5 Å². The van der Waals surface area contributed by atoms with Gasteiger partial charge in [-0.05, 0) is 26.3 Å². The summed E-state index contributed by atoms with van der Waals surface area (Å²) >= 11 is 0. The Morgan fingerprint density at radius 3 is 3.00 bits per heavy atom. The highest BCUT2D eigenvalue weighted by atomic mass is 16.2. The van der Waals surface area contributed by atoms with Gasteiger partial charge in [0.25, 0.3) is 5.56 Å². The van der Waals surface area contributed by atoms with Crippen LogP contribution in [0.2, 0.25) is 0 Å². The summed E-state index contributed by atoms with van der Waals surface area (Å²) in [6.07, 6.45) is 3.68. The van der Waals surface area contributed by atoms with Crippen LogP contribution in [0.4, 0.5) is 0 Å². The molecule has 2 aliphatic heterocycles. The minimum Gasteiger partial charge on any atom is -0.356 e. The third-order valence-corrected chi connectivity index (χ3v) is 4.56. The fourth-order valence-electron chi connectivity index (χ4n) is 3.29. The molecule has 1 aromatic rings.